The Kier molecular flexibility index (Phi) is 4.80. The summed E-state index contributed by atoms with van der Waals surface area (Å²) in [6.45, 7) is 2.78. The van der Waals surface area contributed by atoms with Gasteiger partial charge < -0.3 is 9.84 Å². The molecule has 0 saturated carbocycles. The zero-order chi connectivity index (χ0) is 13.5. The first kappa shape index (κ1) is 13.4. The maximum Gasteiger partial charge on any atom is 0.166 e. The van der Waals surface area contributed by atoms with E-state index >= 15 is 0 Å². The van der Waals surface area contributed by atoms with Crippen LogP contribution in [-0.4, -0.2) is 33.3 Å². The third-order valence-corrected chi connectivity index (χ3v) is 2.68. The number of aliphatic hydroxyl groups excluding tert-OH is 1. The highest BCUT2D eigenvalue weighted by atomic mass is 16.5. The van der Waals surface area contributed by atoms with Crippen LogP contribution in [-0.2, 0) is 0 Å². The summed E-state index contributed by atoms with van der Waals surface area (Å²) in [5, 5.41) is 8.76. The minimum atomic E-state index is 0.192. The number of aromatic nitrogens is 3. The van der Waals surface area contributed by atoms with Gasteiger partial charge in [0, 0.05) is 6.61 Å². The second kappa shape index (κ2) is 6.80. The Hall–Kier alpha value is -2.01. The zero-order valence-electron chi connectivity index (χ0n) is 10.9. The largest absolute Gasteiger partial charge is 0.493 e. The SMILES string of the molecule is Cc1ccc(-c2ncncn2)c(OCCCCO)c1. The van der Waals surface area contributed by atoms with E-state index in [0.29, 0.717) is 12.4 Å². The van der Waals surface area contributed by atoms with E-state index in [1.807, 2.05) is 25.1 Å². The lowest BCUT2D eigenvalue weighted by Gasteiger charge is -2.11. The molecule has 5 nitrogen and oxygen atoms in total. The number of aliphatic hydroxyl groups is 1. The van der Waals surface area contributed by atoms with Crippen molar-refractivity contribution in [3.05, 3.63) is 36.4 Å². The smallest absolute Gasteiger partial charge is 0.166 e. The predicted octanol–water partition coefficient (Wildman–Crippen LogP) is 2.00. The molecule has 100 valence electrons. The van der Waals surface area contributed by atoms with Gasteiger partial charge >= 0.3 is 0 Å². The summed E-state index contributed by atoms with van der Waals surface area (Å²) in [4.78, 5) is 12.1. The van der Waals surface area contributed by atoms with Crippen molar-refractivity contribution in [1.82, 2.24) is 15.0 Å². The van der Waals surface area contributed by atoms with Crippen LogP contribution in [0.4, 0.5) is 0 Å². The van der Waals surface area contributed by atoms with Crippen molar-refractivity contribution >= 4 is 0 Å². The van der Waals surface area contributed by atoms with Gasteiger partial charge in [-0.2, -0.15) is 0 Å². The summed E-state index contributed by atoms with van der Waals surface area (Å²) in [7, 11) is 0. The quantitative estimate of drug-likeness (QED) is 0.803. The number of benzene rings is 1. The number of aryl methyl sites for hydroxylation is 1. The molecule has 0 aliphatic heterocycles. The summed E-state index contributed by atoms with van der Waals surface area (Å²) in [6, 6.07) is 5.92. The molecule has 0 fully saturated rings. The van der Waals surface area contributed by atoms with Crippen molar-refractivity contribution in [3.63, 3.8) is 0 Å². The lowest BCUT2D eigenvalue weighted by molar-refractivity contribution is 0.253. The Labute approximate surface area is 112 Å². The Balaban J connectivity index is 2.18. The van der Waals surface area contributed by atoms with Crippen LogP contribution in [0.1, 0.15) is 18.4 Å². The Morgan fingerprint density at radius 2 is 1.95 bits per heavy atom. The molecule has 19 heavy (non-hydrogen) atoms. The summed E-state index contributed by atoms with van der Waals surface area (Å²) in [5.41, 5.74) is 1.98. The first-order valence-corrected chi connectivity index (χ1v) is 6.28. The molecule has 0 spiro atoms. The molecule has 5 heteroatoms. The molecule has 1 N–H and O–H groups in total. The van der Waals surface area contributed by atoms with E-state index in [4.69, 9.17) is 9.84 Å². The van der Waals surface area contributed by atoms with Gasteiger partial charge in [0.15, 0.2) is 5.82 Å². The van der Waals surface area contributed by atoms with Crippen LogP contribution in [0.25, 0.3) is 11.4 Å². The van der Waals surface area contributed by atoms with Gasteiger partial charge in [0.2, 0.25) is 0 Å². The van der Waals surface area contributed by atoms with Crippen molar-refractivity contribution in [3.8, 4) is 17.1 Å². The van der Waals surface area contributed by atoms with E-state index in [-0.39, 0.29) is 6.61 Å². The van der Waals surface area contributed by atoms with Crippen molar-refractivity contribution in [2.75, 3.05) is 13.2 Å². The lowest BCUT2D eigenvalue weighted by Crippen LogP contribution is -2.01. The number of nitrogens with zero attached hydrogens (tertiary/aromatic N) is 3. The van der Waals surface area contributed by atoms with Gasteiger partial charge in [-0.25, -0.2) is 15.0 Å². The second-order valence-corrected chi connectivity index (χ2v) is 4.24. The van der Waals surface area contributed by atoms with Crippen LogP contribution in [0.15, 0.2) is 30.9 Å². The molecule has 0 unspecified atom stereocenters. The lowest BCUT2D eigenvalue weighted by atomic mass is 10.1. The maximum absolute atomic E-state index is 8.76. The second-order valence-electron chi connectivity index (χ2n) is 4.24. The number of ether oxygens (including phenoxy) is 1. The van der Waals surface area contributed by atoms with E-state index in [2.05, 4.69) is 15.0 Å². The Morgan fingerprint density at radius 1 is 1.16 bits per heavy atom. The van der Waals surface area contributed by atoms with Crippen molar-refractivity contribution in [2.24, 2.45) is 0 Å². The molecule has 1 aromatic heterocycles. The normalized spacial score (nSPS) is 10.4. The molecule has 2 rings (SSSR count). The Bertz CT molecular complexity index is 517. The van der Waals surface area contributed by atoms with Gasteiger partial charge in [-0.1, -0.05) is 6.07 Å². The molecule has 1 heterocycles. The number of hydrogen-bond donors (Lipinski definition) is 1. The van der Waals surface area contributed by atoms with E-state index in [1.165, 1.54) is 12.7 Å². The van der Waals surface area contributed by atoms with Gasteiger partial charge in [0.1, 0.15) is 18.4 Å². The van der Waals surface area contributed by atoms with E-state index in [9.17, 15) is 0 Å². The van der Waals surface area contributed by atoms with Gasteiger partial charge in [-0.15, -0.1) is 0 Å². The van der Waals surface area contributed by atoms with Gasteiger partial charge in [0.05, 0.1) is 12.2 Å². The third-order valence-electron chi connectivity index (χ3n) is 2.68. The fourth-order valence-electron chi connectivity index (χ4n) is 1.71. The third kappa shape index (κ3) is 3.72. The summed E-state index contributed by atoms with van der Waals surface area (Å²) in [5.74, 6) is 1.37. The van der Waals surface area contributed by atoms with Gasteiger partial charge in [0.25, 0.3) is 0 Å². The van der Waals surface area contributed by atoms with E-state index in [0.717, 1.165) is 29.7 Å². The van der Waals surface area contributed by atoms with Crippen LogP contribution >= 0.6 is 0 Å². The molecule has 0 radical (unpaired) electrons. The molecule has 1 aromatic carbocycles. The molecule has 0 atom stereocenters. The van der Waals surface area contributed by atoms with Gasteiger partial charge in [-0.3, -0.25) is 0 Å². The predicted molar refractivity (Wildman–Crippen MR) is 71.8 cm³/mol. The highest BCUT2D eigenvalue weighted by Gasteiger charge is 2.09. The fraction of sp³-hybridized carbons (Fsp3) is 0.357. The summed E-state index contributed by atoms with van der Waals surface area (Å²) in [6.07, 6.45) is 4.50. The maximum atomic E-state index is 8.76. The number of rotatable bonds is 6. The first-order chi connectivity index (χ1) is 9.31. The number of hydrogen-bond acceptors (Lipinski definition) is 5. The van der Waals surface area contributed by atoms with Crippen molar-refractivity contribution in [2.45, 2.75) is 19.8 Å². The van der Waals surface area contributed by atoms with E-state index in [1.54, 1.807) is 0 Å². The fourth-order valence-corrected chi connectivity index (χ4v) is 1.71. The highest BCUT2D eigenvalue weighted by molar-refractivity contribution is 5.64. The first-order valence-electron chi connectivity index (χ1n) is 6.28. The molecule has 0 bridgehead atoms. The van der Waals surface area contributed by atoms with Crippen LogP contribution in [0.2, 0.25) is 0 Å². The van der Waals surface area contributed by atoms with Crippen molar-refractivity contribution in [1.29, 1.82) is 0 Å². The van der Waals surface area contributed by atoms with E-state index < -0.39 is 0 Å². The highest BCUT2D eigenvalue weighted by Crippen LogP contribution is 2.28. The molecule has 0 saturated heterocycles. The summed E-state index contributed by atoms with van der Waals surface area (Å²) >= 11 is 0. The average Bonchev–Trinajstić information content (AvgIpc) is 2.45. The Morgan fingerprint density at radius 3 is 2.68 bits per heavy atom. The van der Waals surface area contributed by atoms with Gasteiger partial charge in [-0.05, 0) is 37.5 Å². The molecule has 0 amide bonds. The molecule has 0 aliphatic carbocycles. The number of unbranched alkanes of at least 4 members (excludes halogenated alkanes) is 1. The van der Waals surface area contributed by atoms with Crippen molar-refractivity contribution < 1.29 is 9.84 Å². The summed E-state index contributed by atoms with van der Waals surface area (Å²) < 4.78 is 5.76. The monoisotopic (exact) mass is 259 g/mol. The minimum Gasteiger partial charge on any atom is -0.493 e. The average molecular weight is 259 g/mol. The standard InChI is InChI=1S/C14H17N3O2/c1-11-4-5-12(14-16-9-15-10-17-14)13(8-11)19-7-3-2-6-18/h4-5,8-10,18H,2-3,6-7H2,1H3. The molecule has 0 aliphatic rings. The molecular formula is C14H17N3O2. The van der Waals surface area contributed by atoms with Crippen LogP contribution in [0.5, 0.6) is 5.75 Å². The zero-order valence-corrected chi connectivity index (χ0v) is 10.9. The molecular weight excluding hydrogens is 242 g/mol. The topological polar surface area (TPSA) is 68.1 Å². The minimum absolute atomic E-state index is 0.192. The van der Waals surface area contributed by atoms with Crippen LogP contribution in [0.3, 0.4) is 0 Å². The van der Waals surface area contributed by atoms with Crippen LogP contribution < -0.4 is 4.74 Å². The molecule has 2 aromatic rings. The van der Waals surface area contributed by atoms with Crippen LogP contribution in [0, 0.1) is 6.92 Å².